The molecule has 1 aliphatic rings. The fraction of sp³-hybridized carbons (Fsp3) is 0.625. The number of hydrogen-bond acceptors (Lipinski definition) is 3. The van der Waals surface area contributed by atoms with Crippen molar-refractivity contribution < 1.29 is 4.74 Å². The van der Waals surface area contributed by atoms with E-state index in [2.05, 4.69) is 48.3 Å². The Hall–Kier alpha value is -1.06. The van der Waals surface area contributed by atoms with Crippen LogP contribution in [0.4, 0.5) is 5.69 Å². The Kier molecular flexibility index (Phi) is 7.53. The summed E-state index contributed by atoms with van der Waals surface area (Å²) >= 11 is 0. The molecule has 1 saturated heterocycles. The summed E-state index contributed by atoms with van der Waals surface area (Å²) in [5.41, 5.74) is 2.57. The molecule has 0 bridgehead atoms. The molecule has 108 valence electrons. The Bertz CT molecular complexity index is 327. The number of nitrogens with one attached hydrogen (secondary N) is 1. The Labute approximate surface area is 118 Å². The van der Waals surface area contributed by atoms with Gasteiger partial charge in [0.15, 0.2) is 0 Å². The van der Waals surface area contributed by atoms with Gasteiger partial charge in [0.1, 0.15) is 0 Å². The first kappa shape index (κ1) is 16.0. The van der Waals surface area contributed by atoms with E-state index in [9.17, 15) is 0 Å². The second kappa shape index (κ2) is 8.94. The number of morpholine rings is 1. The van der Waals surface area contributed by atoms with Crippen LogP contribution in [0.5, 0.6) is 0 Å². The smallest absolute Gasteiger partial charge is 0.0949 e. The molecule has 0 radical (unpaired) electrons. The van der Waals surface area contributed by atoms with Crippen molar-refractivity contribution in [1.82, 2.24) is 5.32 Å². The summed E-state index contributed by atoms with van der Waals surface area (Å²) in [6, 6.07) is 8.76. The lowest BCUT2D eigenvalue weighted by Crippen LogP contribution is -2.33. The fourth-order valence-electron chi connectivity index (χ4n) is 2.27. The van der Waals surface area contributed by atoms with E-state index in [4.69, 9.17) is 4.74 Å². The van der Waals surface area contributed by atoms with Gasteiger partial charge >= 0.3 is 0 Å². The van der Waals surface area contributed by atoms with Crippen molar-refractivity contribution in [2.24, 2.45) is 0 Å². The molecule has 1 N–H and O–H groups in total. The second-order valence-electron chi connectivity index (χ2n) is 4.33. The van der Waals surface area contributed by atoms with Crippen molar-refractivity contribution in [3.8, 4) is 0 Å². The molecule has 1 atom stereocenters. The molecule has 0 aliphatic carbocycles. The molecule has 0 saturated carbocycles. The highest BCUT2D eigenvalue weighted by molar-refractivity contribution is 5.47. The molecule has 3 nitrogen and oxygen atoms in total. The molecule has 1 fully saturated rings. The van der Waals surface area contributed by atoms with Crippen molar-refractivity contribution >= 4 is 5.69 Å². The predicted molar refractivity (Wildman–Crippen MR) is 82.9 cm³/mol. The average Bonchev–Trinajstić information content (AvgIpc) is 2.52. The van der Waals surface area contributed by atoms with Gasteiger partial charge in [-0.05, 0) is 31.5 Å². The Morgan fingerprint density at radius 2 is 1.79 bits per heavy atom. The average molecular weight is 264 g/mol. The van der Waals surface area contributed by atoms with Gasteiger partial charge in [-0.1, -0.05) is 26.0 Å². The van der Waals surface area contributed by atoms with Gasteiger partial charge in [0.05, 0.1) is 12.7 Å². The molecule has 2 rings (SSSR count). The zero-order valence-corrected chi connectivity index (χ0v) is 12.8. The first-order valence-electron chi connectivity index (χ1n) is 7.52. The van der Waals surface area contributed by atoms with Crippen LogP contribution in [0.2, 0.25) is 0 Å². The van der Waals surface area contributed by atoms with Gasteiger partial charge in [-0.3, -0.25) is 0 Å². The topological polar surface area (TPSA) is 24.5 Å². The molecule has 0 spiro atoms. The molecule has 1 aromatic carbocycles. The van der Waals surface area contributed by atoms with E-state index in [1.165, 1.54) is 11.3 Å². The molecule has 1 unspecified atom stereocenters. The predicted octanol–water partition coefficient (Wildman–Crippen LogP) is 3.22. The Morgan fingerprint density at radius 1 is 1.16 bits per heavy atom. The van der Waals surface area contributed by atoms with Gasteiger partial charge in [0.25, 0.3) is 0 Å². The summed E-state index contributed by atoms with van der Waals surface area (Å²) in [5.74, 6) is 0. The van der Waals surface area contributed by atoms with Crippen LogP contribution in [0.25, 0.3) is 0 Å². The molecule has 3 heteroatoms. The Morgan fingerprint density at radius 3 is 2.26 bits per heavy atom. The van der Waals surface area contributed by atoms with E-state index in [1.807, 2.05) is 13.8 Å². The van der Waals surface area contributed by atoms with E-state index in [1.54, 1.807) is 0 Å². The van der Waals surface area contributed by atoms with Crippen LogP contribution in [0.15, 0.2) is 24.3 Å². The maximum absolute atomic E-state index is 5.74. The van der Waals surface area contributed by atoms with Crippen molar-refractivity contribution in [3.05, 3.63) is 29.8 Å². The summed E-state index contributed by atoms with van der Waals surface area (Å²) in [4.78, 5) is 2.35. The van der Waals surface area contributed by atoms with E-state index in [0.717, 1.165) is 32.8 Å². The van der Waals surface area contributed by atoms with E-state index < -0.39 is 0 Å². The highest BCUT2D eigenvalue weighted by Gasteiger charge is 2.15. The third-order valence-corrected chi connectivity index (χ3v) is 3.32. The van der Waals surface area contributed by atoms with Gasteiger partial charge in [-0.2, -0.15) is 0 Å². The standard InChI is InChI=1S/C14H22N2O.C2H6/c1-3-16(4-2)13-7-5-12(6-8-13)14-11-15-9-10-17-14;1-2/h5-8,14-15H,3-4,9-11H2,1-2H3;1-2H3. The van der Waals surface area contributed by atoms with Crippen LogP contribution in [0.1, 0.15) is 39.4 Å². The lowest BCUT2D eigenvalue weighted by Gasteiger charge is -2.25. The van der Waals surface area contributed by atoms with Crippen LogP contribution < -0.4 is 10.2 Å². The third-order valence-electron chi connectivity index (χ3n) is 3.32. The lowest BCUT2D eigenvalue weighted by molar-refractivity contribution is 0.0277. The van der Waals surface area contributed by atoms with Gasteiger partial charge < -0.3 is 15.0 Å². The number of hydrogen-bond donors (Lipinski definition) is 1. The second-order valence-corrected chi connectivity index (χ2v) is 4.33. The van der Waals surface area contributed by atoms with Crippen LogP contribution in [0.3, 0.4) is 0 Å². The number of ether oxygens (including phenoxy) is 1. The SMILES string of the molecule is CC.CCN(CC)c1ccc(C2CNCCO2)cc1. The summed E-state index contributed by atoms with van der Waals surface area (Å²) in [5, 5.41) is 3.36. The van der Waals surface area contributed by atoms with Gasteiger partial charge in [-0.25, -0.2) is 0 Å². The fourth-order valence-corrected chi connectivity index (χ4v) is 2.27. The first-order valence-corrected chi connectivity index (χ1v) is 7.52. The largest absolute Gasteiger partial charge is 0.372 e. The maximum Gasteiger partial charge on any atom is 0.0949 e. The van der Waals surface area contributed by atoms with E-state index in [0.29, 0.717) is 0 Å². The zero-order chi connectivity index (χ0) is 14.1. The van der Waals surface area contributed by atoms with Crippen molar-refractivity contribution in [2.45, 2.75) is 33.8 Å². The van der Waals surface area contributed by atoms with Crippen LogP contribution >= 0.6 is 0 Å². The molecular weight excluding hydrogens is 236 g/mol. The molecule has 1 aromatic rings. The minimum atomic E-state index is 0.217. The number of nitrogens with zero attached hydrogens (tertiary/aromatic N) is 1. The minimum Gasteiger partial charge on any atom is -0.372 e. The quantitative estimate of drug-likeness (QED) is 0.903. The number of rotatable bonds is 4. The number of benzene rings is 1. The van der Waals surface area contributed by atoms with Crippen LogP contribution in [0, 0.1) is 0 Å². The van der Waals surface area contributed by atoms with Gasteiger partial charge in [0.2, 0.25) is 0 Å². The Balaban J connectivity index is 0.000000861. The number of anilines is 1. The summed E-state index contributed by atoms with van der Waals surface area (Å²) in [6.07, 6.45) is 0.217. The molecule has 1 aliphatic heterocycles. The van der Waals surface area contributed by atoms with Gasteiger partial charge in [0, 0.05) is 31.9 Å². The monoisotopic (exact) mass is 264 g/mol. The zero-order valence-electron chi connectivity index (χ0n) is 12.8. The van der Waals surface area contributed by atoms with Crippen molar-refractivity contribution in [2.75, 3.05) is 37.7 Å². The highest BCUT2D eigenvalue weighted by atomic mass is 16.5. The molecular formula is C16H28N2O. The first-order chi connectivity index (χ1) is 9.35. The molecule has 1 heterocycles. The summed E-state index contributed by atoms with van der Waals surface area (Å²) in [7, 11) is 0. The third kappa shape index (κ3) is 4.51. The van der Waals surface area contributed by atoms with Crippen LogP contribution in [-0.4, -0.2) is 32.8 Å². The maximum atomic E-state index is 5.74. The van der Waals surface area contributed by atoms with Crippen molar-refractivity contribution in [3.63, 3.8) is 0 Å². The van der Waals surface area contributed by atoms with Crippen LogP contribution in [-0.2, 0) is 4.74 Å². The van der Waals surface area contributed by atoms with Gasteiger partial charge in [-0.15, -0.1) is 0 Å². The molecule has 19 heavy (non-hydrogen) atoms. The van der Waals surface area contributed by atoms with Crippen molar-refractivity contribution in [1.29, 1.82) is 0 Å². The normalized spacial score (nSPS) is 18.4. The van der Waals surface area contributed by atoms with E-state index >= 15 is 0 Å². The minimum absolute atomic E-state index is 0.217. The lowest BCUT2D eigenvalue weighted by atomic mass is 10.1. The summed E-state index contributed by atoms with van der Waals surface area (Å²) < 4.78 is 5.74. The van der Waals surface area contributed by atoms with E-state index in [-0.39, 0.29) is 6.10 Å². The highest BCUT2D eigenvalue weighted by Crippen LogP contribution is 2.22. The molecule has 0 aromatic heterocycles. The summed E-state index contributed by atoms with van der Waals surface area (Å²) in [6.45, 7) is 13.2. The molecule has 0 amide bonds.